The van der Waals surface area contributed by atoms with Gasteiger partial charge in [0.25, 0.3) is 0 Å². The van der Waals surface area contributed by atoms with E-state index in [1.807, 2.05) is 51.1 Å². The van der Waals surface area contributed by atoms with E-state index in [0.29, 0.717) is 11.1 Å². The van der Waals surface area contributed by atoms with Crippen molar-refractivity contribution in [3.05, 3.63) is 58.1 Å². The maximum absolute atomic E-state index is 12.5. The van der Waals surface area contributed by atoms with Crippen LogP contribution in [-0.4, -0.2) is 18.2 Å². The highest BCUT2D eigenvalue weighted by Gasteiger charge is 2.31. The molecule has 1 aliphatic rings. The third kappa shape index (κ3) is 2.33. The SMILES string of the molecule is COc1cc(C)cc(-c2c3c(c(O)c4cc(C)c(C)cc24)COC3=O)c1. The Hall–Kier alpha value is -3.01. The number of aromatic hydroxyl groups is 1. The fraction of sp³-hybridized carbons (Fsp3) is 0.227. The zero-order valence-electron chi connectivity index (χ0n) is 15.3. The van der Waals surface area contributed by atoms with Gasteiger partial charge in [-0.2, -0.15) is 0 Å². The second-order valence-electron chi connectivity index (χ2n) is 6.87. The third-order valence-electron chi connectivity index (χ3n) is 5.12. The summed E-state index contributed by atoms with van der Waals surface area (Å²) in [5.74, 6) is 0.461. The number of rotatable bonds is 2. The lowest BCUT2D eigenvalue weighted by molar-refractivity contribution is 0.0535. The standard InChI is InChI=1S/C22H20O4/c1-11-5-14(9-15(6-11)25-4)19-16-7-12(2)13(3)8-17(16)21(23)18-10-26-22(24)20(18)19/h5-9,23H,10H2,1-4H3. The minimum Gasteiger partial charge on any atom is -0.507 e. The molecule has 3 aromatic rings. The summed E-state index contributed by atoms with van der Waals surface area (Å²) in [6, 6.07) is 9.88. The number of benzene rings is 3. The highest BCUT2D eigenvalue weighted by molar-refractivity contribution is 6.13. The van der Waals surface area contributed by atoms with E-state index in [9.17, 15) is 9.90 Å². The lowest BCUT2D eigenvalue weighted by atomic mass is 9.87. The number of phenols is 1. The first-order valence-corrected chi connectivity index (χ1v) is 8.52. The second kappa shape index (κ2) is 5.77. The molecular formula is C22H20O4. The number of ether oxygens (including phenoxy) is 2. The van der Waals surface area contributed by atoms with Crippen LogP contribution < -0.4 is 4.74 Å². The number of cyclic esters (lactones) is 1. The van der Waals surface area contributed by atoms with Crippen molar-refractivity contribution in [2.45, 2.75) is 27.4 Å². The van der Waals surface area contributed by atoms with Crippen LogP contribution in [0.2, 0.25) is 0 Å². The Morgan fingerprint density at radius 2 is 1.65 bits per heavy atom. The molecular weight excluding hydrogens is 328 g/mol. The molecule has 1 aliphatic heterocycles. The molecule has 4 rings (SSSR count). The molecule has 0 saturated carbocycles. The minimum absolute atomic E-state index is 0.0960. The van der Waals surface area contributed by atoms with Gasteiger partial charge in [0, 0.05) is 16.5 Å². The Bertz CT molecular complexity index is 1080. The molecule has 132 valence electrons. The van der Waals surface area contributed by atoms with Crippen LogP contribution in [0.25, 0.3) is 21.9 Å². The normalized spacial score (nSPS) is 13.0. The van der Waals surface area contributed by atoms with Crippen molar-refractivity contribution in [2.75, 3.05) is 7.11 Å². The first kappa shape index (κ1) is 16.5. The van der Waals surface area contributed by atoms with Gasteiger partial charge in [-0.05, 0) is 66.6 Å². The largest absolute Gasteiger partial charge is 0.507 e. The van der Waals surface area contributed by atoms with Crippen LogP contribution in [0, 0.1) is 20.8 Å². The molecule has 0 spiro atoms. The summed E-state index contributed by atoms with van der Waals surface area (Å²) in [4.78, 5) is 12.5. The van der Waals surface area contributed by atoms with Crippen molar-refractivity contribution in [3.63, 3.8) is 0 Å². The number of hydrogen-bond acceptors (Lipinski definition) is 4. The predicted octanol–water partition coefficient (Wildman–Crippen LogP) is 4.82. The zero-order valence-corrected chi connectivity index (χ0v) is 15.3. The fourth-order valence-corrected chi connectivity index (χ4v) is 3.67. The number of methoxy groups -OCH3 is 1. The first-order valence-electron chi connectivity index (χ1n) is 8.52. The Kier molecular flexibility index (Phi) is 3.65. The molecule has 0 radical (unpaired) electrons. The maximum Gasteiger partial charge on any atom is 0.339 e. The number of carbonyl (C=O) groups excluding carboxylic acids is 1. The summed E-state index contributed by atoms with van der Waals surface area (Å²) in [6.45, 7) is 6.12. The van der Waals surface area contributed by atoms with Gasteiger partial charge in [-0.1, -0.05) is 12.1 Å². The molecule has 0 unspecified atom stereocenters. The van der Waals surface area contributed by atoms with E-state index in [2.05, 4.69) is 0 Å². The first-order chi connectivity index (χ1) is 12.4. The number of phenolic OH excluding ortho intramolecular Hbond substituents is 1. The van der Waals surface area contributed by atoms with E-state index < -0.39 is 5.97 Å². The summed E-state index contributed by atoms with van der Waals surface area (Å²) in [6.07, 6.45) is 0. The van der Waals surface area contributed by atoms with Crippen molar-refractivity contribution in [2.24, 2.45) is 0 Å². The monoisotopic (exact) mass is 348 g/mol. The number of carbonyl (C=O) groups is 1. The molecule has 0 aliphatic carbocycles. The van der Waals surface area contributed by atoms with Gasteiger partial charge in [-0.3, -0.25) is 0 Å². The molecule has 26 heavy (non-hydrogen) atoms. The maximum atomic E-state index is 12.5. The fourth-order valence-electron chi connectivity index (χ4n) is 3.67. The summed E-state index contributed by atoms with van der Waals surface area (Å²) in [5, 5.41) is 12.4. The smallest absolute Gasteiger partial charge is 0.339 e. The van der Waals surface area contributed by atoms with E-state index >= 15 is 0 Å². The average molecular weight is 348 g/mol. The molecule has 0 bridgehead atoms. The number of fused-ring (bicyclic) bond motifs is 2. The van der Waals surface area contributed by atoms with Crippen molar-refractivity contribution in [3.8, 4) is 22.6 Å². The highest BCUT2D eigenvalue weighted by atomic mass is 16.5. The van der Waals surface area contributed by atoms with Crippen LogP contribution in [0.4, 0.5) is 0 Å². The Morgan fingerprint density at radius 1 is 0.962 bits per heavy atom. The molecule has 4 heteroatoms. The van der Waals surface area contributed by atoms with E-state index in [-0.39, 0.29) is 12.4 Å². The number of esters is 1. The lowest BCUT2D eigenvalue weighted by Gasteiger charge is -2.16. The van der Waals surface area contributed by atoms with Crippen molar-refractivity contribution >= 4 is 16.7 Å². The van der Waals surface area contributed by atoms with Crippen LogP contribution in [0.1, 0.15) is 32.6 Å². The third-order valence-corrected chi connectivity index (χ3v) is 5.12. The van der Waals surface area contributed by atoms with Gasteiger partial charge in [0.15, 0.2) is 0 Å². The average Bonchev–Trinajstić information content (AvgIpc) is 2.98. The second-order valence-corrected chi connectivity index (χ2v) is 6.87. The Balaban J connectivity index is 2.19. The highest BCUT2D eigenvalue weighted by Crippen LogP contribution is 2.45. The zero-order chi connectivity index (χ0) is 18.6. The summed E-state index contributed by atoms with van der Waals surface area (Å²) in [5.41, 5.74) is 5.90. The molecule has 4 nitrogen and oxygen atoms in total. The molecule has 0 amide bonds. The van der Waals surface area contributed by atoms with Gasteiger partial charge >= 0.3 is 5.97 Å². The summed E-state index contributed by atoms with van der Waals surface area (Å²) >= 11 is 0. The van der Waals surface area contributed by atoms with Gasteiger partial charge in [0.2, 0.25) is 0 Å². The minimum atomic E-state index is -0.397. The molecule has 0 atom stereocenters. The summed E-state index contributed by atoms with van der Waals surface area (Å²) < 4.78 is 10.7. The van der Waals surface area contributed by atoms with Crippen LogP contribution in [0.5, 0.6) is 11.5 Å². The van der Waals surface area contributed by atoms with Crippen LogP contribution in [0.3, 0.4) is 0 Å². The van der Waals surface area contributed by atoms with E-state index in [0.717, 1.165) is 44.3 Å². The van der Waals surface area contributed by atoms with E-state index in [1.54, 1.807) is 7.11 Å². The van der Waals surface area contributed by atoms with Crippen LogP contribution in [-0.2, 0) is 11.3 Å². The number of aryl methyl sites for hydroxylation is 3. The van der Waals surface area contributed by atoms with Gasteiger partial charge < -0.3 is 14.6 Å². The van der Waals surface area contributed by atoms with Gasteiger partial charge in [-0.15, -0.1) is 0 Å². The summed E-state index contributed by atoms with van der Waals surface area (Å²) in [7, 11) is 1.62. The van der Waals surface area contributed by atoms with Gasteiger partial charge in [-0.25, -0.2) is 4.79 Å². The molecule has 0 aromatic heterocycles. The van der Waals surface area contributed by atoms with Crippen molar-refractivity contribution in [1.29, 1.82) is 0 Å². The van der Waals surface area contributed by atoms with Crippen molar-refractivity contribution in [1.82, 2.24) is 0 Å². The van der Waals surface area contributed by atoms with E-state index in [4.69, 9.17) is 9.47 Å². The van der Waals surface area contributed by atoms with E-state index in [1.165, 1.54) is 0 Å². The molecule has 3 aromatic carbocycles. The van der Waals surface area contributed by atoms with Gasteiger partial charge in [0.05, 0.1) is 12.7 Å². The van der Waals surface area contributed by atoms with Gasteiger partial charge in [0.1, 0.15) is 18.1 Å². The lowest BCUT2D eigenvalue weighted by Crippen LogP contribution is -2.00. The van der Waals surface area contributed by atoms with Crippen LogP contribution in [0.15, 0.2) is 30.3 Å². The molecule has 1 heterocycles. The quantitative estimate of drug-likeness (QED) is 0.675. The predicted molar refractivity (Wildman–Crippen MR) is 101 cm³/mol. The molecule has 1 N–H and O–H groups in total. The Morgan fingerprint density at radius 3 is 2.35 bits per heavy atom. The molecule has 0 saturated heterocycles. The number of hydrogen-bond donors (Lipinski definition) is 1. The van der Waals surface area contributed by atoms with Crippen molar-refractivity contribution < 1.29 is 19.4 Å². The Labute approximate surface area is 152 Å². The molecule has 0 fully saturated rings. The van der Waals surface area contributed by atoms with Crippen LogP contribution >= 0.6 is 0 Å². The topological polar surface area (TPSA) is 55.8 Å².